The number of carbonyl (C=O) groups is 1. The van der Waals surface area contributed by atoms with Crippen LogP contribution >= 0.6 is 0 Å². The van der Waals surface area contributed by atoms with Gasteiger partial charge in [-0.1, -0.05) is 18.2 Å². The van der Waals surface area contributed by atoms with Crippen LogP contribution in [0.1, 0.15) is 16.8 Å². The molecule has 0 saturated heterocycles. The summed E-state index contributed by atoms with van der Waals surface area (Å²) in [6, 6.07) is 5.07. The van der Waals surface area contributed by atoms with Gasteiger partial charge in [-0.3, -0.25) is 14.8 Å². The summed E-state index contributed by atoms with van der Waals surface area (Å²) in [6.07, 6.45) is 0.352. The minimum Gasteiger partial charge on any atom is -0.355 e. The first-order chi connectivity index (χ1) is 10.5. The summed E-state index contributed by atoms with van der Waals surface area (Å²) >= 11 is 0. The van der Waals surface area contributed by atoms with Crippen LogP contribution in [0.15, 0.2) is 42.9 Å². The molecule has 2 rings (SSSR count). The first kappa shape index (κ1) is 15.9. The van der Waals surface area contributed by atoms with Crippen LogP contribution in [0.3, 0.4) is 0 Å². The Hall–Kier alpha value is -2.44. The highest BCUT2D eigenvalue weighted by Gasteiger charge is 2.33. The second-order valence-electron chi connectivity index (χ2n) is 4.63. The van der Waals surface area contributed by atoms with Crippen molar-refractivity contribution in [3.63, 3.8) is 0 Å². The van der Waals surface area contributed by atoms with Crippen LogP contribution in [0, 0.1) is 0 Å². The number of nitrogens with zero attached hydrogens (tertiary/aromatic N) is 2. The number of rotatable bonds is 5. The van der Waals surface area contributed by atoms with Crippen molar-refractivity contribution in [2.24, 2.45) is 0 Å². The summed E-state index contributed by atoms with van der Waals surface area (Å²) in [5.74, 6) is -0.458. The number of carbonyl (C=O) groups excluding carboxylic acids is 1. The van der Waals surface area contributed by atoms with Gasteiger partial charge in [0.25, 0.3) is 0 Å². The quantitative estimate of drug-likeness (QED) is 0.923. The fourth-order valence-electron chi connectivity index (χ4n) is 1.98. The molecule has 1 amide bonds. The van der Waals surface area contributed by atoms with Gasteiger partial charge in [-0.25, -0.2) is 0 Å². The molecule has 0 spiro atoms. The number of hydrogen-bond donors (Lipinski definition) is 1. The lowest BCUT2D eigenvalue weighted by atomic mass is 10.0. The highest BCUT2D eigenvalue weighted by atomic mass is 19.4. The van der Waals surface area contributed by atoms with Crippen LogP contribution in [0.2, 0.25) is 0 Å². The molecule has 0 aliphatic carbocycles. The Labute approximate surface area is 125 Å². The molecule has 0 bridgehead atoms. The van der Waals surface area contributed by atoms with Gasteiger partial charge in [0.15, 0.2) is 0 Å². The van der Waals surface area contributed by atoms with E-state index in [0.29, 0.717) is 18.7 Å². The number of aromatic nitrogens is 2. The van der Waals surface area contributed by atoms with E-state index < -0.39 is 17.6 Å². The normalized spacial score (nSPS) is 11.2. The van der Waals surface area contributed by atoms with E-state index in [1.807, 2.05) is 0 Å². The molecule has 22 heavy (non-hydrogen) atoms. The summed E-state index contributed by atoms with van der Waals surface area (Å²) in [7, 11) is 0. The van der Waals surface area contributed by atoms with E-state index in [4.69, 9.17) is 0 Å². The number of hydrogen-bond acceptors (Lipinski definition) is 3. The number of halogens is 3. The van der Waals surface area contributed by atoms with Gasteiger partial charge in [-0.05, 0) is 11.6 Å². The Balaban J connectivity index is 1.90. The third-order valence-electron chi connectivity index (χ3n) is 2.99. The molecule has 7 heteroatoms. The minimum absolute atomic E-state index is 0.0352. The van der Waals surface area contributed by atoms with Crippen molar-refractivity contribution in [2.75, 3.05) is 6.54 Å². The molecule has 4 nitrogen and oxygen atoms in total. The van der Waals surface area contributed by atoms with E-state index in [9.17, 15) is 18.0 Å². The van der Waals surface area contributed by atoms with E-state index in [-0.39, 0.29) is 12.0 Å². The fourth-order valence-corrected chi connectivity index (χ4v) is 1.98. The number of alkyl halides is 3. The molecule has 1 aromatic carbocycles. The van der Waals surface area contributed by atoms with Crippen molar-refractivity contribution < 1.29 is 18.0 Å². The monoisotopic (exact) mass is 309 g/mol. The zero-order valence-electron chi connectivity index (χ0n) is 11.6. The number of amides is 1. The van der Waals surface area contributed by atoms with Crippen LogP contribution in [0.25, 0.3) is 0 Å². The smallest absolute Gasteiger partial charge is 0.355 e. The molecule has 1 aromatic heterocycles. The largest absolute Gasteiger partial charge is 0.416 e. The molecule has 0 aliphatic rings. The standard InChI is InChI=1S/C15H14F3N3O/c16-15(17,18)13-4-2-1-3-11(13)9-14(22)21-6-5-12-10-19-7-8-20-12/h1-4,7-8,10H,5-6,9H2,(H,21,22). The Morgan fingerprint density at radius 3 is 2.64 bits per heavy atom. The maximum atomic E-state index is 12.8. The summed E-state index contributed by atoms with van der Waals surface area (Å²) in [6.45, 7) is 0.297. The van der Waals surface area contributed by atoms with E-state index in [2.05, 4.69) is 15.3 Å². The highest BCUT2D eigenvalue weighted by molar-refractivity contribution is 5.79. The topological polar surface area (TPSA) is 54.9 Å². The zero-order chi connectivity index (χ0) is 16.0. The lowest BCUT2D eigenvalue weighted by Gasteiger charge is -2.12. The molecular weight excluding hydrogens is 295 g/mol. The summed E-state index contributed by atoms with van der Waals surface area (Å²) < 4.78 is 38.5. The van der Waals surface area contributed by atoms with Gasteiger partial charge < -0.3 is 5.32 Å². The Morgan fingerprint density at radius 1 is 1.18 bits per heavy atom. The summed E-state index contributed by atoms with van der Waals surface area (Å²) in [4.78, 5) is 19.7. The fraction of sp³-hybridized carbons (Fsp3) is 0.267. The van der Waals surface area contributed by atoms with Crippen molar-refractivity contribution in [1.29, 1.82) is 0 Å². The van der Waals surface area contributed by atoms with E-state index >= 15 is 0 Å². The van der Waals surface area contributed by atoms with Crippen molar-refractivity contribution in [3.8, 4) is 0 Å². The van der Waals surface area contributed by atoms with Gasteiger partial charge in [0.05, 0.1) is 17.7 Å². The Bertz CT molecular complexity index is 629. The molecule has 0 unspecified atom stereocenters. The highest BCUT2D eigenvalue weighted by Crippen LogP contribution is 2.31. The lowest BCUT2D eigenvalue weighted by molar-refractivity contribution is -0.138. The van der Waals surface area contributed by atoms with Gasteiger partial charge in [0.2, 0.25) is 5.91 Å². The van der Waals surface area contributed by atoms with E-state index in [1.54, 1.807) is 6.20 Å². The molecule has 0 saturated carbocycles. The maximum Gasteiger partial charge on any atom is 0.416 e. The zero-order valence-corrected chi connectivity index (χ0v) is 11.6. The second-order valence-corrected chi connectivity index (χ2v) is 4.63. The molecular formula is C15H14F3N3O. The van der Waals surface area contributed by atoms with Crippen molar-refractivity contribution in [1.82, 2.24) is 15.3 Å². The number of benzene rings is 1. The predicted octanol–water partition coefficient (Wildman–Crippen LogP) is 2.40. The third-order valence-corrected chi connectivity index (χ3v) is 2.99. The van der Waals surface area contributed by atoms with Crippen molar-refractivity contribution in [3.05, 3.63) is 59.7 Å². The van der Waals surface area contributed by atoms with E-state index in [1.165, 1.54) is 30.6 Å². The van der Waals surface area contributed by atoms with Crippen molar-refractivity contribution in [2.45, 2.75) is 19.0 Å². The minimum atomic E-state index is -4.46. The summed E-state index contributed by atoms with van der Waals surface area (Å²) in [5.41, 5.74) is -0.107. The molecule has 116 valence electrons. The summed E-state index contributed by atoms with van der Waals surface area (Å²) in [5, 5.41) is 2.58. The van der Waals surface area contributed by atoms with Crippen LogP contribution in [0.4, 0.5) is 13.2 Å². The van der Waals surface area contributed by atoms with Gasteiger partial charge in [0.1, 0.15) is 0 Å². The van der Waals surface area contributed by atoms with Crippen LogP contribution in [-0.4, -0.2) is 22.4 Å². The second kappa shape index (κ2) is 7.02. The number of nitrogens with one attached hydrogen (secondary N) is 1. The van der Waals surface area contributed by atoms with Gasteiger partial charge >= 0.3 is 6.18 Å². The lowest BCUT2D eigenvalue weighted by Crippen LogP contribution is -2.28. The van der Waals surface area contributed by atoms with E-state index in [0.717, 1.165) is 6.07 Å². The third kappa shape index (κ3) is 4.54. The first-order valence-corrected chi connectivity index (χ1v) is 6.63. The van der Waals surface area contributed by atoms with Crippen LogP contribution < -0.4 is 5.32 Å². The van der Waals surface area contributed by atoms with Crippen molar-refractivity contribution >= 4 is 5.91 Å². The van der Waals surface area contributed by atoms with Gasteiger partial charge in [-0.2, -0.15) is 13.2 Å². The van der Waals surface area contributed by atoms with Crippen LogP contribution in [-0.2, 0) is 23.8 Å². The molecule has 2 aromatic rings. The predicted molar refractivity (Wildman–Crippen MR) is 73.9 cm³/mol. The molecule has 1 N–H and O–H groups in total. The first-order valence-electron chi connectivity index (χ1n) is 6.63. The van der Waals surface area contributed by atoms with Gasteiger partial charge in [0, 0.05) is 31.6 Å². The Kier molecular flexibility index (Phi) is 5.08. The molecule has 0 radical (unpaired) electrons. The average Bonchev–Trinajstić information content (AvgIpc) is 2.48. The van der Waals surface area contributed by atoms with Gasteiger partial charge in [-0.15, -0.1) is 0 Å². The maximum absolute atomic E-state index is 12.8. The molecule has 0 fully saturated rings. The molecule has 0 aliphatic heterocycles. The van der Waals surface area contributed by atoms with Crippen LogP contribution in [0.5, 0.6) is 0 Å². The molecule has 1 heterocycles. The average molecular weight is 309 g/mol. The molecule has 0 atom stereocenters. The SMILES string of the molecule is O=C(Cc1ccccc1C(F)(F)F)NCCc1cnccn1. The Morgan fingerprint density at radius 2 is 1.95 bits per heavy atom.